The van der Waals surface area contributed by atoms with Gasteiger partial charge in [-0.3, -0.25) is 9.35 Å². The van der Waals surface area contributed by atoms with Crippen LogP contribution in [0, 0.1) is 12.8 Å². The summed E-state index contributed by atoms with van der Waals surface area (Å²) in [6.07, 6.45) is 8.24. The summed E-state index contributed by atoms with van der Waals surface area (Å²) in [5, 5.41) is 9.18. The number of carbonyl (C=O) groups is 1. The second-order valence-corrected chi connectivity index (χ2v) is 11.5. The molecule has 192 valence electrons. The SMILES string of the molecule is Cc1nn(-c2ccc(Cl)cc2)cc1C(Nc1ccc(C(=O)CCCS(=O)(=O)O)cc1)C1CCCCC1. The van der Waals surface area contributed by atoms with E-state index in [9.17, 15) is 13.2 Å². The highest BCUT2D eigenvalue weighted by Crippen LogP contribution is 2.38. The Morgan fingerprint density at radius 2 is 1.78 bits per heavy atom. The number of nitrogens with one attached hydrogen (secondary N) is 1. The maximum atomic E-state index is 12.4. The van der Waals surface area contributed by atoms with Gasteiger partial charge in [0.2, 0.25) is 0 Å². The lowest BCUT2D eigenvalue weighted by Gasteiger charge is -2.31. The fourth-order valence-electron chi connectivity index (χ4n) is 4.91. The Morgan fingerprint density at radius 1 is 1.11 bits per heavy atom. The van der Waals surface area contributed by atoms with Gasteiger partial charge in [0.1, 0.15) is 0 Å². The summed E-state index contributed by atoms with van der Waals surface area (Å²) in [4.78, 5) is 12.4. The first-order valence-electron chi connectivity index (χ1n) is 12.4. The topological polar surface area (TPSA) is 101 Å². The number of anilines is 1. The quantitative estimate of drug-likeness (QED) is 0.232. The van der Waals surface area contributed by atoms with E-state index in [1.807, 2.05) is 48.0 Å². The summed E-state index contributed by atoms with van der Waals surface area (Å²) in [5.74, 6) is -0.0824. The summed E-state index contributed by atoms with van der Waals surface area (Å²) in [7, 11) is -4.06. The zero-order chi connectivity index (χ0) is 25.7. The molecule has 1 aromatic heterocycles. The van der Waals surface area contributed by atoms with E-state index in [0.717, 1.165) is 35.5 Å². The molecule has 2 N–H and O–H groups in total. The Kier molecular flexibility index (Phi) is 8.49. The van der Waals surface area contributed by atoms with Crippen molar-refractivity contribution in [2.45, 2.75) is 57.9 Å². The van der Waals surface area contributed by atoms with E-state index in [0.29, 0.717) is 16.5 Å². The summed E-state index contributed by atoms with van der Waals surface area (Å²) in [6, 6.07) is 15.0. The van der Waals surface area contributed by atoms with Crippen LogP contribution in [0.2, 0.25) is 5.02 Å². The highest BCUT2D eigenvalue weighted by atomic mass is 35.5. The molecule has 0 amide bonds. The molecule has 1 saturated carbocycles. The van der Waals surface area contributed by atoms with Gasteiger partial charge in [0.15, 0.2) is 5.78 Å². The van der Waals surface area contributed by atoms with Crippen molar-refractivity contribution in [3.8, 4) is 5.69 Å². The number of benzene rings is 2. The zero-order valence-electron chi connectivity index (χ0n) is 20.4. The lowest BCUT2D eigenvalue weighted by molar-refractivity contribution is 0.0982. The molecule has 36 heavy (non-hydrogen) atoms. The van der Waals surface area contributed by atoms with Gasteiger partial charge in [-0.1, -0.05) is 30.9 Å². The van der Waals surface area contributed by atoms with E-state index in [1.54, 1.807) is 12.1 Å². The van der Waals surface area contributed by atoms with Crippen LogP contribution >= 0.6 is 11.6 Å². The Bertz CT molecular complexity index is 1280. The number of hydrogen-bond acceptors (Lipinski definition) is 5. The monoisotopic (exact) mass is 529 g/mol. The smallest absolute Gasteiger partial charge is 0.264 e. The summed E-state index contributed by atoms with van der Waals surface area (Å²) in [5.41, 5.74) is 4.52. The minimum atomic E-state index is -4.06. The van der Waals surface area contributed by atoms with Crippen molar-refractivity contribution in [1.82, 2.24) is 9.78 Å². The molecule has 1 atom stereocenters. The van der Waals surface area contributed by atoms with Crippen LogP contribution in [0.4, 0.5) is 5.69 Å². The molecule has 1 fully saturated rings. The van der Waals surface area contributed by atoms with Crippen molar-refractivity contribution in [1.29, 1.82) is 0 Å². The van der Waals surface area contributed by atoms with E-state index in [1.165, 1.54) is 19.3 Å². The van der Waals surface area contributed by atoms with Gasteiger partial charge in [-0.05, 0) is 80.6 Å². The molecule has 1 aliphatic carbocycles. The number of carbonyl (C=O) groups excluding carboxylic acids is 1. The number of aromatic nitrogens is 2. The van der Waals surface area contributed by atoms with Gasteiger partial charge >= 0.3 is 0 Å². The van der Waals surface area contributed by atoms with Gasteiger partial charge in [0.25, 0.3) is 10.1 Å². The van der Waals surface area contributed by atoms with Crippen LogP contribution in [0.3, 0.4) is 0 Å². The molecular weight excluding hydrogens is 498 g/mol. The van der Waals surface area contributed by atoms with Crippen LogP contribution < -0.4 is 5.32 Å². The molecule has 3 aromatic rings. The Balaban J connectivity index is 1.52. The van der Waals surface area contributed by atoms with Crippen LogP contribution in [0.5, 0.6) is 0 Å². The lowest BCUT2D eigenvalue weighted by atomic mass is 9.81. The number of aryl methyl sites for hydroxylation is 1. The minimum Gasteiger partial charge on any atom is -0.378 e. The molecule has 1 unspecified atom stereocenters. The molecular formula is C27H32ClN3O4S. The van der Waals surface area contributed by atoms with E-state index in [-0.39, 0.29) is 24.7 Å². The minimum absolute atomic E-state index is 0.0698. The summed E-state index contributed by atoms with van der Waals surface area (Å²) >= 11 is 6.06. The standard InChI is InChI=1S/C27H32ClN3O4S/c1-19-25(18-31(30-19)24-15-11-22(28)12-16-24)27(21-6-3-2-4-7-21)29-23-13-9-20(10-14-23)26(32)8-5-17-36(33,34)35/h9-16,18,21,27,29H,2-8,17H2,1H3,(H,33,34,35). The van der Waals surface area contributed by atoms with E-state index >= 15 is 0 Å². The fraction of sp³-hybridized carbons (Fsp3) is 0.407. The second kappa shape index (κ2) is 11.6. The second-order valence-electron chi connectivity index (χ2n) is 9.50. The molecule has 1 heterocycles. The predicted octanol–water partition coefficient (Wildman–Crippen LogP) is 6.42. The first kappa shape index (κ1) is 26.4. The summed E-state index contributed by atoms with van der Waals surface area (Å²) < 4.78 is 32.5. The first-order valence-corrected chi connectivity index (χ1v) is 14.4. The molecule has 0 aliphatic heterocycles. The van der Waals surface area contributed by atoms with Gasteiger partial charge in [-0.25, -0.2) is 4.68 Å². The molecule has 0 spiro atoms. The molecule has 7 nitrogen and oxygen atoms in total. The normalized spacial score (nSPS) is 15.5. The lowest BCUT2D eigenvalue weighted by Crippen LogP contribution is -2.23. The van der Waals surface area contributed by atoms with Gasteiger partial charge in [-0.15, -0.1) is 0 Å². The van der Waals surface area contributed by atoms with Crippen molar-refractivity contribution in [2.75, 3.05) is 11.1 Å². The molecule has 0 radical (unpaired) electrons. The third-order valence-corrected chi connectivity index (χ3v) is 7.88. The Morgan fingerprint density at radius 3 is 2.42 bits per heavy atom. The van der Waals surface area contributed by atoms with Crippen molar-refractivity contribution >= 4 is 33.2 Å². The van der Waals surface area contributed by atoms with E-state index in [2.05, 4.69) is 11.5 Å². The van der Waals surface area contributed by atoms with Crippen molar-refractivity contribution in [3.05, 3.63) is 76.6 Å². The maximum absolute atomic E-state index is 12.4. The molecule has 0 bridgehead atoms. The van der Waals surface area contributed by atoms with Crippen molar-refractivity contribution in [2.24, 2.45) is 5.92 Å². The molecule has 4 rings (SSSR count). The molecule has 2 aromatic carbocycles. The van der Waals surface area contributed by atoms with E-state index < -0.39 is 15.9 Å². The largest absolute Gasteiger partial charge is 0.378 e. The zero-order valence-corrected chi connectivity index (χ0v) is 21.9. The van der Waals surface area contributed by atoms with Gasteiger partial charge in [-0.2, -0.15) is 13.5 Å². The molecule has 1 aliphatic rings. The van der Waals surface area contributed by atoms with Gasteiger partial charge < -0.3 is 5.32 Å². The highest BCUT2D eigenvalue weighted by Gasteiger charge is 2.28. The first-order chi connectivity index (χ1) is 17.2. The number of hydrogen-bond donors (Lipinski definition) is 2. The maximum Gasteiger partial charge on any atom is 0.264 e. The number of halogens is 1. The third-order valence-electron chi connectivity index (χ3n) is 6.82. The van der Waals surface area contributed by atoms with E-state index in [4.69, 9.17) is 21.3 Å². The fourth-order valence-corrected chi connectivity index (χ4v) is 5.55. The number of rotatable bonds is 10. The predicted molar refractivity (Wildman–Crippen MR) is 143 cm³/mol. The van der Waals surface area contributed by atoms with Crippen LogP contribution in [0.1, 0.15) is 72.6 Å². The number of ketones is 1. The van der Waals surface area contributed by atoms with Gasteiger partial charge in [0.05, 0.1) is 23.2 Å². The van der Waals surface area contributed by atoms with Gasteiger partial charge in [0, 0.05) is 34.5 Å². The van der Waals surface area contributed by atoms with Crippen LogP contribution in [0.25, 0.3) is 5.69 Å². The van der Waals surface area contributed by atoms with Crippen LogP contribution in [-0.2, 0) is 10.1 Å². The van der Waals surface area contributed by atoms with Crippen LogP contribution in [0.15, 0.2) is 54.7 Å². The van der Waals surface area contributed by atoms with Crippen LogP contribution in [-0.4, -0.2) is 34.3 Å². The average molecular weight is 530 g/mol. The number of nitrogens with zero attached hydrogens (tertiary/aromatic N) is 2. The van der Waals surface area contributed by atoms with Crippen molar-refractivity contribution < 1.29 is 17.8 Å². The Labute approximate surface area is 217 Å². The third kappa shape index (κ3) is 6.96. The number of Topliss-reactive ketones (excluding diaryl/α,β-unsaturated/α-hetero) is 1. The molecule has 0 saturated heterocycles. The molecule has 9 heteroatoms. The Hall–Kier alpha value is -2.68. The highest BCUT2D eigenvalue weighted by molar-refractivity contribution is 7.85. The van der Waals surface area contributed by atoms with Crippen molar-refractivity contribution in [3.63, 3.8) is 0 Å². The summed E-state index contributed by atoms with van der Waals surface area (Å²) in [6.45, 7) is 2.04. The average Bonchev–Trinajstić information content (AvgIpc) is 3.24.